The fourth-order valence-electron chi connectivity index (χ4n) is 2.11. The number of aliphatic hydroxyl groups is 2. The maximum absolute atomic E-state index is 8.99. The zero-order chi connectivity index (χ0) is 14.7. The van der Waals surface area contributed by atoms with Crippen LogP contribution in [0.25, 0.3) is 19.5 Å². The molecule has 21 heavy (non-hydrogen) atoms. The molecule has 0 saturated carbocycles. The smallest absolute Gasteiger partial charge is 0.0479 e. The van der Waals surface area contributed by atoms with Crippen molar-refractivity contribution in [3.8, 4) is 19.5 Å². The van der Waals surface area contributed by atoms with Crippen LogP contribution < -0.4 is 0 Å². The molecule has 2 nitrogen and oxygen atoms in total. The number of hydrogen-bond donors (Lipinski definition) is 2. The van der Waals surface area contributed by atoms with E-state index in [2.05, 4.69) is 36.4 Å². The van der Waals surface area contributed by atoms with Gasteiger partial charge in [0, 0.05) is 55.3 Å². The van der Waals surface area contributed by atoms with E-state index in [1.165, 1.54) is 29.3 Å². The monoisotopic (exact) mass is 336 g/mol. The largest absolute Gasteiger partial charge is 0.396 e. The predicted molar refractivity (Wildman–Crippen MR) is 92.5 cm³/mol. The Morgan fingerprint density at radius 2 is 0.952 bits per heavy atom. The summed E-state index contributed by atoms with van der Waals surface area (Å²) < 4.78 is 0. The van der Waals surface area contributed by atoms with Crippen LogP contribution in [-0.2, 0) is 12.8 Å². The Hall–Kier alpha value is -0.980. The summed E-state index contributed by atoms with van der Waals surface area (Å²) >= 11 is 5.30. The highest BCUT2D eigenvalue weighted by molar-refractivity contribution is 7.26. The normalized spacial score (nSPS) is 11.1. The standard InChI is InChI=1S/C16H16O2S3/c17-9-7-11-1-3-13(19-11)15-5-6-16(21-15)14-4-2-12(20-14)8-10-18/h1-6,17-18H,7-10H2. The molecule has 0 aliphatic heterocycles. The summed E-state index contributed by atoms with van der Waals surface area (Å²) in [6.07, 6.45) is 1.47. The second-order valence-electron chi connectivity index (χ2n) is 4.64. The third-order valence-corrected chi connectivity index (χ3v) is 6.90. The van der Waals surface area contributed by atoms with Gasteiger partial charge in [-0.15, -0.1) is 34.0 Å². The van der Waals surface area contributed by atoms with E-state index in [0.29, 0.717) is 0 Å². The summed E-state index contributed by atoms with van der Waals surface area (Å²) in [6.45, 7) is 0.414. The Morgan fingerprint density at radius 3 is 1.38 bits per heavy atom. The molecule has 0 fully saturated rings. The van der Waals surface area contributed by atoms with Crippen LogP contribution in [0.4, 0.5) is 0 Å². The van der Waals surface area contributed by atoms with Crippen LogP contribution in [0.2, 0.25) is 0 Å². The van der Waals surface area contributed by atoms with Gasteiger partial charge in [-0.1, -0.05) is 0 Å². The fourth-order valence-corrected chi connectivity index (χ4v) is 5.29. The first-order valence-electron chi connectivity index (χ1n) is 6.80. The molecule has 3 rings (SSSR count). The fraction of sp³-hybridized carbons (Fsp3) is 0.250. The minimum absolute atomic E-state index is 0.207. The molecule has 0 aliphatic rings. The second-order valence-corrected chi connectivity index (χ2v) is 8.06. The average molecular weight is 337 g/mol. The molecule has 0 amide bonds. The van der Waals surface area contributed by atoms with Gasteiger partial charge in [-0.3, -0.25) is 0 Å². The Bertz CT molecular complexity index is 650. The summed E-state index contributed by atoms with van der Waals surface area (Å²) in [4.78, 5) is 7.53. The Labute approximate surface area is 136 Å². The zero-order valence-electron chi connectivity index (χ0n) is 11.4. The van der Waals surface area contributed by atoms with Crippen molar-refractivity contribution in [2.45, 2.75) is 12.8 Å². The molecule has 0 unspecified atom stereocenters. The molecule has 0 saturated heterocycles. The molecular weight excluding hydrogens is 320 g/mol. The van der Waals surface area contributed by atoms with Gasteiger partial charge in [0.2, 0.25) is 0 Å². The molecule has 0 aliphatic carbocycles. The molecule has 3 heterocycles. The first-order chi connectivity index (χ1) is 10.3. The van der Waals surface area contributed by atoms with Crippen LogP contribution >= 0.6 is 34.0 Å². The first-order valence-corrected chi connectivity index (χ1v) is 9.25. The highest BCUT2D eigenvalue weighted by Crippen LogP contribution is 2.39. The highest BCUT2D eigenvalue weighted by atomic mass is 32.1. The van der Waals surface area contributed by atoms with Crippen LogP contribution in [0.1, 0.15) is 9.75 Å². The van der Waals surface area contributed by atoms with Gasteiger partial charge in [0.25, 0.3) is 0 Å². The van der Waals surface area contributed by atoms with Crippen molar-refractivity contribution >= 4 is 34.0 Å². The summed E-state index contributed by atoms with van der Waals surface area (Å²) in [6, 6.07) is 12.8. The van der Waals surface area contributed by atoms with Gasteiger partial charge in [0.05, 0.1) is 0 Å². The van der Waals surface area contributed by atoms with E-state index >= 15 is 0 Å². The minimum Gasteiger partial charge on any atom is -0.396 e. The maximum Gasteiger partial charge on any atom is 0.0479 e. The SMILES string of the molecule is OCCc1ccc(-c2ccc(-c3ccc(CCO)s3)s2)s1. The van der Waals surface area contributed by atoms with Crippen molar-refractivity contribution in [3.63, 3.8) is 0 Å². The molecule has 0 bridgehead atoms. The molecule has 110 valence electrons. The minimum atomic E-state index is 0.207. The molecule has 2 N–H and O–H groups in total. The lowest BCUT2D eigenvalue weighted by Crippen LogP contribution is -1.84. The maximum atomic E-state index is 8.99. The van der Waals surface area contributed by atoms with Crippen LogP contribution in [0.3, 0.4) is 0 Å². The number of thiophene rings is 3. The van der Waals surface area contributed by atoms with Crippen molar-refractivity contribution in [1.29, 1.82) is 0 Å². The van der Waals surface area contributed by atoms with Gasteiger partial charge in [-0.05, 0) is 36.4 Å². The summed E-state index contributed by atoms with van der Waals surface area (Å²) in [5.74, 6) is 0. The van der Waals surface area contributed by atoms with Crippen molar-refractivity contribution in [1.82, 2.24) is 0 Å². The highest BCUT2D eigenvalue weighted by Gasteiger charge is 2.09. The molecule has 0 atom stereocenters. The zero-order valence-corrected chi connectivity index (χ0v) is 13.9. The lowest BCUT2D eigenvalue weighted by molar-refractivity contribution is 0.300. The van der Waals surface area contributed by atoms with E-state index in [1.807, 2.05) is 0 Å². The molecule has 0 radical (unpaired) electrons. The quantitative estimate of drug-likeness (QED) is 0.705. The number of rotatable bonds is 6. The third-order valence-electron chi connectivity index (χ3n) is 3.13. The number of hydrogen-bond acceptors (Lipinski definition) is 5. The van der Waals surface area contributed by atoms with E-state index < -0.39 is 0 Å². The van der Waals surface area contributed by atoms with Crippen LogP contribution in [0, 0.1) is 0 Å². The Balaban J connectivity index is 1.81. The summed E-state index contributed by atoms with van der Waals surface area (Å²) in [5.41, 5.74) is 0. The predicted octanol–water partition coefficient (Wildman–Crippen LogP) is 4.27. The lowest BCUT2D eigenvalue weighted by atomic mass is 10.3. The van der Waals surface area contributed by atoms with Gasteiger partial charge in [0.15, 0.2) is 0 Å². The topological polar surface area (TPSA) is 40.5 Å². The second kappa shape index (κ2) is 6.85. The van der Waals surface area contributed by atoms with Crippen molar-refractivity contribution in [2.24, 2.45) is 0 Å². The van der Waals surface area contributed by atoms with E-state index in [4.69, 9.17) is 10.2 Å². The van der Waals surface area contributed by atoms with E-state index in [1.54, 1.807) is 34.0 Å². The van der Waals surface area contributed by atoms with Gasteiger partial charge in [0.1, 0.15) is 0 Å². The van der Waals surface area contributed by atoms with E-state index in [0.717, 1.165) is 12.8 Å². The third kappa shape index (κ3) is 3.44. The van der Waals surface area contributed by atoms with Crippen LogP contribution in [0.5, 0.6) is 0 Å². The number of aliphatic hydroxyl groups excluding tert-OH is 2. The van der Waals surface area contributed by atoms with Gasteiger partial charge in [-0.2, -0.15) is 0 Å². The van der Waals surface area contributed by atoms with Crippen LogP contribution in [-0.4, -0.2) is 23.4 Å². The summed E-state index contributed by atoms with van der Waals surface area (Å²) in [5, 5.41) is 18.0. The van der Waals surface area contributed by atoms with E-state index in [9.17, 15) is 0 Å². The van der Waals surface area contributed by atoms with Crippen molar-refractivity contribution < 1.29 is 10.2 Å². The van der Waals surface area contributed by atoms with E-state index in [-0.39, 0.29) is 13.2 Å². The Morgan fingerprint density at radius 1 is 0.571 bits per heavy atom. The van der Waals surface area contributed by atoms with Crippen molar-refractivity contribution in [3.05, 3.63) is 46.2 Å². The molecule has 0 aromatic carbocycles. The molecular formula is C16H16O2S3. The molecule has 0 spiro atoms. The van der Waals surface area contributed by atoms with Gasteiger partial charge in [-0.25, -0.2) is 0 Å². The Kier molecular flexibility index (Phi) is 4.87. The lowest BCUT2D eigenvalue weighted by Gasteiger charge is -1.92. The van der Waals surface area contributed by atoms with Crippen LogP contribution in [0.15, 0.2) is 36.4 Å². The van der Waals surface area contributed by atoms with Gasteiger partial charge >= 0.3 is 0 Å². The molecule has 3 aromatic rings. The van der Waals surface area contributed by atoms with Gasteiger partial charge < -0.3 is 10.2 Å². The summed E-state index contributed by atoms with van der Waals surface area (Å²) in [7, 11) is 0. The molecule has 5 heteroatoms. The van der Waals surface area contributed by atoms with Crippen molar-refractivity contribution in [2.75, 3.05) is 13.2 Å². The molecule has 3 aromatic heterocycles. The first kappa shape index (κ1) is 14.9. The average Bonchev–Trinajstić information content (AvgIpc) is 3.18.